The van der Waals surface area contributed by atoms with Crippen molar-refractivity contribution in [1.82, 2.24) is 9.66 Å². The summed E-state index contributed by atoms with van der Waals surface area (Å²) in [4.78, 5) is 4.09. The lowest BCUT2D eigenvalue weighted by Crippen LogP contribution is -1.96. The summed E-state index contributed by atoms with van der Waals surface area (Å²) < 4.78 is 1.53. The molecule has 2 aromatic carbocycles. The Morgan fingerprint density at radius 2 is 1.86 bits per heavy atom. The highest BCUT2D eigenvalue weighted by Crippen LogP contribution is 2.28. The van der Waals surface area contributed by atoms with Crippen LogP contribution in [0.3, 0.4) is 0 Å². The van der Waals surface area contributed by atoms with Crippen LogP contribution in [0.1, 0.15) is 11.3 Å². The van der Waals surface area contributed by atoms with Gasteiger partial charge in [0.15, 0.2) is 0 Å². The first-order chi connectivity index (χ1) is 10.6. The Hall–Kier alpha value is -3.08. The highest BCUT2D eigenvalue weighted by molar-refractivity contribution is 5.81. The van der Waals surface area contributed by atoms with E-state index in [0.29, 0.717) is 5.95 Å². The lowest BCUT2D eigenvalue weighted by molar-refractivity contribution is 0.477. The molecule has 3 aromatic rings. The van der Waals surface area contributed by atoms with Gasteiger partial charge in [-0.2, -0.15) is 5.10 Å². The molecule has 0 fully saturated rings. The Labute approximate surface area is 128 Å². The Morgan fingerprint density at radius 1 is 1.14 bits per heavy atom. The molecule has 3 N–H and O–H groups in total. The van der Waals surface area contributed by atoms with Crippen molar-refractivity contribution in [2.45, 2.75) is 6.92 Å². The third-order valence-electron chi connectivity index (χ3n) is 3.29. The van der Waals surface area contributed by atoms with Gasteiger partial charge in [0, 0.05) is 5.56 Å². The Kier molecular flexibility index (Phi) is 3.62. The van der Waals surface area contributed by atoms with E-state index in [1.54, 1.807) is 24.5 Å². The van der Waals surface area contributed by atoms with Gasteiger partial charge in [-0.3, -0.25) is 0 Å². The standard InChI is InChI=1S/C17H16N4O/c1-12-11-21(17(18)20-12)19-10-13-6-8-14(9-7-13)15-4-2-3-5-16(15)22/h2-11,22H,1H3,(H2,18,20). The fraction of sp³-hybridized carbons (Fsp3) is 0.0588. The molecule has 0 atom stereocenters. The number of para-hydroxylation sites is 1. The quantitative estimate of drug-likeness (QED) is 0.728. The van der Waals surface area contributed by atoms with Crippen LogP contribution in [-0.2, 0) is 0 Å². The summed E-state index contributed by atoms with van der Waals surface area (Å²) in [6.07, 6.45) is 3.48. The van der Waals surface area contributed by atoms with Crippen LogP contribution < -0.4 is 5.73 Å². The van der Waals surface area contributed by atoms with Crippen molar-refractivity contribution in [3.05, 3.63) is 66.0 Å². The summed E-state index contributed by atoms with van der Waals surface area (Å²) >= 11 is 0. The molecule has 0 saturated carbocycles. The van der Waals surface area contributed by atoms with E-state index in [0.717, 1.165) is 22.4 Å². The molecule has 0 spiro atoms. The van der Waals surface area contributed by atoms with Crippen LogP contribution in [0.2, 0.25) is 0 Å². The predicted octanol–water partition coefficient (Wildman–Crippen LogP) is 3.03. The summed E-state index contributed by atoms with van der Waals surface area (Å²) in [5, 5.41) is 14.1. The minimum Gasteiger partial charge on any atom is -0.507 e. The van der Waals surface area contributed by atoms with Crippen molar-refractivity contribution >= 4 is 12.2 Å². The van der Waals surface area contributed by atoms with Crippen LogP contribution in [0, 0.1) is 6.92 Å². The van der Waals surface area contributed by atoms with Crippen LogP contribution in [0.25, 0.3) is 11.1 Å². The van der Waals surface area contributed by atoms with Gasteiger partial charge in [-0.25, -0.2) is 9.66 Å². The van der Waals surface area contributed by atoms with Crippen LogP contribution in [-0.4, -0.2) is 21.0 Å². The molecule has 110 valence electrons. The topological polar surface area (TPSA) is 76.4 Å². The number of nitrogen functional groups attached to an aromatic ring is 1. The average molecular weight is 292 g/mol. The number of anilines is 1. The second kappa shape index (κ2) is 5.73. The molecule has 22 heavy (non-hydrogen) atoms. The minimum absolute atomic E-state index is 0.269. The van der Waals surface area contributed by atoms with Gasteiger partial charge in [0.2, 0.25) is 5.95 Å². The predicted molar refractivity (Wildman–Crippen MR) is 87.9 cm³/mol. The molecule has 0 aliphatic rings. The maximum atomic E-state index is 9.87. The van der Waals surface area contributed by atoms with E-state index >= 15 is 0 Å². The number of aromatic hydroxyl groups is 1. The first-order valence-corrected chi connectivity index (χ1v) is 6.88. The summed E-state index contributed by atoms with van der Waals surface area (Å²) in [7, 11) is 0. The summed E-state index contributed by atoms with van der Waals surface area (Å²) in [5.41, 5.74) is 9.25. The molecule has 1 heterocycles. The molecule has 0 aliphatic heterocycles. The van der Waals surface area contributed by atoms with Crippen molar-refractivity contribution in [2.24, 2.45) is 5.10 Å². The van der Waals surface area contributed by atoms with Gasteiger partial charge in [0.25, 0.3) is 0 Å². The highest BCUT2D eigenvalue weighted by atomic mass is 16.3. The monoisotopic (exact) mass is 292 g/mol. The van der Waals surface area contributed by atoms with E-state index < -0.39 is 0 Å². The number of hydrogen-bond acceptors (Lipinski definition) is 4. The first kappa shape index (κ1) is 13.9. The number of aryl methyl sites for hydroxylation is 1. The van der Waals surface area contributed by atoms with E-state index in [9.17, 15) is 5.11 Å². The lowest BCUT2D eigenvalue weighted by Gasteiger charge is -2.04. The zero-order valence-electron chi connectivity index (χ0n) is 12.1. The van der Waals surface area contributed by atoms with Crippen LogP contribution >= 0.6 is 0 Å². The number of imidazole rings is 1. The maximum absolute atomic E-state index is 9.87. The molecule has 0 radical (unpaired) electrons. The Morgan fingerprint density at radius 3 is 2.50 bits per heavy atom. The van der Waals surface area contributed by atoms with E-state index in [2.05, 4.69) is 10.1 Å². The van der Waals surface area contributed by atoms with Gasteiger partial charge in [-0.1, -0.05) is 42.5 Å². The zero-order chi connectivity index (χ0) is 15.5. The van der Waals surface area contributed by atoms with Crippen LogP contribution in [0.5, 0.6) is 5.75 Å². The van der Waals surface area contributed by atoms with Gasteiger partial charge in [-0.05, 0) is 24.1 Å². The molecule has 5 nitrogen and oxygen atoms in total. The number of nitrogens with zero attached hydrogens (tertiary/aromatic N) is 3. The van der Waals surface area contributed by atoms with Crippen LogP contribution in [0.15, 0.2) is 59.8 Å². The minimum atomic E-state index is 0.269. The average Bonchev–Trinajstić information content (AvgIpc) is 2.84. The number of phenols is 1. The summed E-state index contributed by atoms with van der Waals surface area (Å²) in [6, 6.07) is 15.0. The highest BCUT2D eigenvalue weighted by Gasteiger charge is 2.02. The van der Waals surface area contributed by atoms with Gasteiger partial charge in [0.05, 0.1) is 18.1 Å². The third-order valence-corrected chi connectivity index (χ3v) is 3.29. The van der Waals surface area contributed by atoms with E-state index in [1.165, 1.54) is 4.68 Å². The number of hydrogen-bond donors (Lipinski definition) is 2. The fourth-order valence-corrected chi connectivity index (χ4v) is 2.19. The molecular formula is C17H16N4O. The second-order valence-corrected chi connectivity index (χ2v) is 4.97. The molecule has 0 amide bonds. The Balaban J connectivity index is 1.83. The lowest BCUT2D eigenvalue weighted by atomic mass is 10.0. The molecule has 1 aromatic heterocycles. The SMILES string of the molecule is Cc1cn(N=Cc2ccc(-c3ccccc3O)cc2)c(N)n1. The zero-order valence-corrected chi connectivity index (χ0v) is 12.1. The molecule has 5 heteroatoms. The fourth-order valence-electron chi connectivity index (χ4n) is 2.19. The van der Waals surface area contributed by atoms with Crippen LogP contribution in [0.4, 0.5) is 5.95 Å². The number of nitrogens with two attached hydrogens (primary N) is 1. The largest absolute Gasteiger partial charge is 0.507 e. The van der Waals surface area contributed by atoms with Crippen molar-refractivity contribution in [3.63, 3.8) is 0 Å². The van der Waals surface area contributed by atoms with Crippen molar-refractivity contribution in [2.75, 3.05) is 5.73 Å². The molecule has 0 saturated heterocycles. The number of phenolic OH excluding ortho intramolecular Hbond substituents is 1. The first-order valence-electron chi connectivity index (χ1n) is 6.88. The Bertz CT molecular complexity index is 819. The van der Waals surface area contributed by atoms with E-state index in [4.69, 9.17) is 5.73 Å². The molecule has 0 unspecified atom stereocenters. The molecular weight excluding hydrogens is 276 g/mol. The smallest absolute Gasteiger partial charge is 0.221 e. The van der Waals surface area contributed by atoms with Crippen molar-refractivity contribution < 1.29 is 5.11 Å². The van der Waals surface area contributed by atoms with E-state index in [1.807, 2.05) is 43.3 Å². The molecule has 0 bridgehead atoms. The second-order valence-electron chi connectivity index (χ2n) is 4.97. The number of aromatic nitrogens is 2. The van der Waals surface area contributed by atoms with Gasteiger partial charge >= 0.3 is 0 Å². The van der Waals surface area contributed by atoms with Crippen molar-refractivity contribution in [1.29, 1.82) is 0 Å². The van der Waals surface area contributed by atoms with Crippen molar-refractivity contribution in [3.8, 4) is 16.9 Å². The third kappa shape index (κ3) is 2.83. The molecule has 0 aliphatic carbocycles. The number of rotatable bonds is 3. The van der Waals surface area contributed by atoms with Gasteiger partial charge < -0.3 is 10.8 Å². The summed E-state index contributed by atoms with van der Waals surface area (Å²) in [6.45, 7) is 1.86. The summed E-state index contributed by atoms with van der Waals surface area (Å²) in [5.74, 6) is 0.630. The number of benzene rings is 2. The van der Waals surface area contributed by atoms with Gasteiger partial charge in [0.1, 0.15) is 5.75 Å². The normalized spacial score (nSPS) is 11.1. The maximum Gasteiger partial charge on any atom is 0.221 e. The van der Waals surface area contributed by atoms with Gasteiger partial charge in [-0.15, -0.1) is 0 Å². The molecule has 3 rings (SSSR count). The van der Waals surface area contributed by atoms with E-state index in [-0.39, 0.29) is 5.75 Å².